The van der Waals surface area contributed by atoms with Crippen molar-refractivity contribution in [1.82, 2.24) is 19.3 Å². The van der Waals surface area contributed by atoms with Gasteiger partial charge in [-0.3, -0.25) is 4.79 Å². The van der Waals surface area contributed by atoms with E-state index in [9.17, 15) is 17.6 Å². The quantitative estimate of drug-likeness (QED) is 0.643. The molecule has 1 aromatic heterocycles. The average Bonchev–Trinajstić information content (AvgIpc) is 3.16. The summed E-state index contributed by atoms with van der Waals surface area (Å²) in [5.74, 6) is 0.401. The molecule has 1 aromatic carbocycles. The number of aryl methyl sites for hydroxylation is 2. The molecule has 2 heterocycles. The Hall–Kier alpha value is -2.33. The van der Waals surface area contributed by atoms with Gasteiger partial charge >= 0.3 is 0 Å². The number of hydrogen-bond acceptors (Lipinski definition) is 6. The van der Waals surface area contributed by atoms with Crippen LogP contribution in [0.15, 0.2) is 33.7 Å². The van der Waals surface area contributed by atoms with Crippen LogP contribution in [0.4, 0.5) is 4.39 Å². The highest BCUT2D eigenvalue weighted by Crippen LogP contribution is 2.20. The van der Waals surface area contributed by atoms with Gasteiger partial charge in [-0.15, -0.1) is 0 Å². The van der Waals surface area contributed by atoms with E-state index in [-0.39, 0.29) is 37.0 Å². The Morgan fingerprint density at radius 3 is 2.59 bits per heavy atom. The topological polar surface area (TPSA) is 96.6 Å². The number of aromatic nitrogens is 2. The molecule has 0 radical (unpaired) electrons. The van der Waals surface area contributed by atoms with Crippen molar-refractivity contribution >= 4 is 15.9 Å². The van der Waals surface area contributed by atoms with Crippen molar-refractivity contribution in [3.63, 3.8) is 0 Å². The van der Waals surface area contributed by atoms with Crippen molar-refractivity contribution in [2.24, 2.45) is 0 Å². The lowest BCUT2D eigenvalue weighted by Crippen LogP contribution is -2.50. The van der Waals surface area contributed by atoms with E-state index in [1.54, 1.807) is 4.90 Å². The van der Waals surface area contributed by atoms with Gasteiger partial charge in [-0.2, -0.15) is 9.29 Å². The average molecular weight is 424 g/mol. The van der Waals surface area contributed by atoms with Gasteiger partial charge in [0.25, 0.3) is 0 Å². The van der Waals surface area contributed by atoms with Crippen LogP contribution in [0.5, 0.6) is 0 Å². The summed E-state index contributed by atoms with van der Waals surface area (Å²) < 4.78 is 45.5. The first kappa shape index (κ1) is 21.4. The minimum absolute atomic E-state index is 0.0405. The van der Waals surface area contributed by atoms with E-state index in [1.165, 1.54) is 22.5 Å². The third kappa shape index (κ3) is 5.18. The van der Waals surface area contributed by atoms with E-state index in [0.29, 0.717) is 31.0 Å². The molecule has 0 saturated carbocycles. The van der Waals surface area contributed by atoms with Crippen LogP contribution in [0.25, 0.3) is 0 Å². The fourth-order valence-electron chi connectivity index (χ4n) is 3.24. The van der Waals surface area contributed by atoms with Crippen molar-refractivity contribution in [3.8, 4) is 0 Å². The normalized spacial score (nSPS) is 15.6. The molecular formula is C19H25FN4O4S. The van der Waals surface area contributed by atoms with Crippen molar-refractivity contribution < 1.29 is 22.1 Å². The summed E-state index contributed by atoms with van der Waals surface area (Å²) in [7, 11) is -3.90. The van der Waals surface area contributed by atoms with Crippen LogP contribution in [0, 0.1) is 5.82 Å². The monoisotopic (exact) mass is 424 g/mol. The van der Waals surface area contributed by atoms with E-state index in [4.69, 9.17) is 4.52 Å². The van der Waals surface area contributed by atoms with Crippen LogP contribution in [0.3, 0.4) is 0 Å². The van der Waals surface area contributed by atoms with Crippen LogP contribution >= 0.6 is 0 Å². The van der Waals surface area contributed by atoms with E-state index in [0.717, 1.165) is 18.9 Å². The van der Waals surface area contributed by atoms with E-state index < -0.39 is 15.8 Å². The maximum absolute atomic E-state index is 13.9. The lowest BCUT2D eigenvalue weighted by atomic mass is 10.2. The molecule has 8 nitrogen and oxygen atoms in total. The SMILES string of the molecule is CCCc1noc(CCCC(=O)N2CCN(S(=O)(=O)c3ccccc3F)CC2)n1. The fourth-order valence-corrected chi connectivity index (χ4v) is 4.72. The number of carbonyl (C=O) groups excluding carboxylic acids is 1. The summed E-state index contributed by atoms with van der Waals surface area (Å²) in [5.41, 5.74) is 0. The highest BCUT2D eigenvalue weighted by atomic mass is 32.2. The van der Waals surface area contributed by atoms with Crippen molar-refractivity contribution in [3.05, 3.63) is 41.8 Å². The molecule has 29 heavy (non-hydrogen) atoms. The molecule has 1 fully saturated rings. The second-order valence-corrected chi connectivity index (χ2v) is 8.83. The Kier molecular flexibility index (Phi) is 6.96. The molecule has 0 spiro atoms. The molecule has 158 valence electrons. The van der Waals surface area contributed by atoms with Gasteiger partial charge in [-0.1, -0.05) is 24.2 Å². The van der Waals surface area contributed by atoms with Gasteiger partial charge in [0, 0.05) is 45.4 Å². The Labute approximate surface area is 169 Å². The molecule has 2 aromatic rings. The van der Waals surface area contributed by atoms with E-state index in [1.807, 2.05) is 6.92 Å². The molecule has 0 N–H and O–H groups in total. The Morgan fingerprint density at radius 2 is 1.90 bits per heavy atom. The van der Waals surface area contributed by atoms with Gasteiger partial charge in [-0.05, 0) is 25.0 Å². The summed E-state index contributed by atoms with van der Waals surface area (Å²) in [5, 5.41) is 3.89. The van der Waals surface area contributed by atoms with Crippen LogP contribution in [-0.2, 0) is 27.7 Å². The lowest BCUT2D eigenvalue weighted by molar-refractivity contribution is -0.132. The third-order valence-corrected chi connectivity index (χ3v) is 6.74. The Bertz CT molecular complexity index is 939. The predicted molar refractivity (Wildman–Crippen MR) is 103 cm³/mol. The molecular weight excluding hydrogens is 399 g/mol. The number of sulfonamides is 1. The zero-order chi connectivity index (χ0) is 20.9. The molecule has 1 amide bonds. The molecule has 1 aliphatic rings. The molecule has 3 rings (SSSR count). The van der Waals surface area contributed by atoms with Crippen LogP contribution in [0.1, 0.15) is 37.9 Å². The molecule has 0 unspecified atom stereocenters. The summed E-state index contributed by atoms with van der Waals surface area (Å²) in [6.45, 7) is 2.90. The highest BCUT2D eigenvalue weighted by molar-refractivity contribution is 7.89. The lowest BCUT2D eigenvalue weighted by Gasteiger charge is -2.34. The second kappa shape index (κ2) is 9.45. The van der Waals surface area contributed by atoms with E-state index in [2.05, 4.69) is 10.1 Å². The summed E-state index contributed by atoms with van der Waals surface area (Å²) in [6, 6.07) is 5.32. The van der Waals surface area contributed by atoms with Gasteiger partial charge in [0.1, 0.15) is 10.7 Å². The van der Waals surface area contributed by atoms with Crippen molar-refractivity contribution in [2.45, 2.75) is 43.9 Å². The van der Waals surface area contributed by atoms with Gasteiger partial charge in [-0.25, -0.2) is 12.8 Å². The third-order valence-electron chi connectivity index (χ3n) is 4.81. The number of hydrogen-bond donors (Lipinski definition) is 0. The fraction of sp³-hybridized carbons (Fsp3) is 0.526. The Balaban J connectivity index is 1.47. The number of piperazine rings is 1. The van der Waals surface area contributed by atoms with Gasteiger partial charge in [0.05, 0.1) is 0 Å². The minimum atomic E-state index is -3.90. The summed E-state index contributed by atoms with van der Waals surface area (Å²) in [6.07, 6.45) is 3.15. The molecule has 1 saturated heterocycles. The standard InChI is InChI=1S/C19H25FN4O4S/c1-2-6-17-21-18(28-22-17)9-5-10-19(25)23-11-13-24(14-12-23)29(26,27)16-8-4-3-7-15(16)20/h3-4,7-8H,2,5-6,9-14H2,1H3. The van der Waals surface area contributed by atoms with Crippen LogP contribution in [-0.4, -0.2) is 59.8 Å². The van der Waals surface area contributed by atoms with Crippen molar-refractivity contribution in [2.75, 3.05) is 26.2 Å². The van der Waals surface area contributed by atoms with Crippen molar-refractivity contribution in [1.29, 1.82) is 0 Å². The zero-order valence-electron chi connectivity index (χ0n) is 16.4. The number of carbonyl (C=O) groups is 1. The van der Waals surface area contributed by atoms with E-state index >= 15 is 0 Å². The molecule has 10 heteroatoms. The zero-order valence-corrected chi connectivity index (χ0v) is 17.2. The molecule has 0 aliphatic carbocycles. The first-order chi connectivity index (χ1) is 13.9. The largest absolute Gasteiger partial charge is 0.340 e. The predicted octanol–water partition coefficient (Wildman–Crippen LogP) is 2.02. The second-order valence-electron chi connectivity index (χ2n) is 6.92. The number of halogens is 1. The summed E-state index contributed by atoms with van der Waals surface area (Å²) >= 11 is 0. The van der Waals surface area contributed by atoms with Crippen LogP contribution in [0.2, 0.25) is 0 Å². The van der Waals surface area contributed by atoms with Gasteiger partial charge in [0.2, 0.25) is 21.8 Å². The maximum Gasteiger partial charge on any atom is 0.246 e. The number of rotatable bonds is 8. The minimum Gasteiger partial charge on any atom is -0.340 e. The smallest absolute Gasteiger partial charge is 0.246 e. The van der Waals surface area contributed by atoms with Gasteiger partial charge < -0.3 is 9.42 Å². The van der Waals surface area contributed by atoms with Crippen LogP contribution < -0.4 is 0 Å². The number of nitrogens with zero attached hydrogens (tertiary/aromatic N) is 4. The number of benzene rings is 1. The number of amides is 1. The maximum atomic E-state index is 13.9. The van der Waals surface area contributed by atoms with Gasteiger partial charge in [0.15, 0.2) is 5.82 Å². The highest BCUT2D eigenvalue weighted by Gasteiger charge is 2.31. The molecule has 0 bridgehead atoms. The first-order valence-electron chi connectivity index (χ1n) is 9.75. The summed E-state index contributed by atoms with van der Waals surface area (Å²) in [4.78, 5) is 18.0. The molecule has 0 atom stereocenters. The first-order valence-corrected chi connectivity index (χ1v) is 11.2. The molecule has 1 aliphatic heterocycles. The Morgan fingerprint density at radius 1 is 1.17 bits per heavy atom.